The van der Waals surface area contributed by atoms with Crippen molar-refractivity contribution in [1.29, 1.82) is 0 Å². The van der Waals surface area contributed by atoms with Gasteiger partial charge in [-0.1, -0.05) is 18.2 Å². The molecule has 2 aromatic rings. The van der Waals surface area contributed by atoms with E-state index in [0.29, 0.717) is 6.54 Å². The van der Waals surface area contributed by atoms with E-state index >= 15 is 0 Å². The first-order valence-corrected chi connectivity index (χ1v) is 4.60. The van der Waals surface area contributed by atoms with Crippen LogP contribution in [-0.4, -0.2) is 9.55 Å². The van der Waals surface area contributed by atoms with Gasteiger partial charge in [0.25, 0.3) is 0 Å². The number of para-hydroxylation sites is 1. The molecule has 3 nitrogen and oxygen atoms in total. The third-order valence-corrected chi connectivity index (χ3v) is 2.24. The normalized spacial score (nSPS) is 10.4. The highest BCUT2D eigenvalue weighted by Crippen LogP contribution is 2.13. The van der Waals surface area contributed by atoms with Crippen LogP contribution in [0, 0.1) is 6.92 Å². The number of rotatable bonds is 2. The van der Waals surface area contributed by atoms with E-state index < -0.39 is 0 Å². The largest absolute Gasteiger partial charge is 0.325 e. The Balaban J connectivity index is 2.44. The molecule has 1 heterocycles. The Kier molecular flexibility index (Phi) is 2.33. The van der Waals surface area contributed by atoms with E-state index in [1.54, 1.807) is 6.33 Å². The first-order valence-electron chi connectivity index (χ1n) is 4.60. The first-order chi connectivity index (χ1) is 6.81. The van der Waals surface area contributed by atoms with Crippen LogP contribution in [0.15, 0.2) is 36.8 Å². The molecule has 0 aliphatic heterocycles. The number of benzene rings is 1. The molecule has 72 valence electrons. The Morgan fingerprint density at radius 3 is 2.79 bits per heavy atom. The summed E-state index contributed by atoms with van der Waals surface area (Å²) < 4.78 is 2.00. The van der Waals surface area contributed by atoms with Gasteiger partial charge in [-0.3, -0.25) is 0 Å². The van der Waals surface area contributed by atoms with Gasteiger partial charge in [-0.25, -0.2) is 4.98 Å². The zero-order valence-corrected chi connectivity index (χ0v) is 8.14. The van der Waals surface area contributed by atoms with E-state index in [9.17, 15) is 0 Å². The Bertz CT molecular complexity index is 432. The maximum atomic E-state index is 5.50. The van der Waals surface area contributed by atoms with Gasteiger partial charge in [0.15, 0.2) is 0 Å². The quantitative estimate of drug-likeness (QED) is 0.776. The molecule has 14 heavy (non-hydrogen) atoms. The van der Waals surface area contributed by atoms with E-state index in [0.717, 1.165) is 11.4 Å². The summed E-state index contributed by atoms with van der Waals surface area (Å²) in [5.74, 6) is 0. The fraction of sp³-hybridized carbons (Fsp3) is 0.182. The molecular weight excluding hydrogens is 174 g/mol. The van der Waals surface area contributed by atoms with Crippen molar-refractivity contribution in [3.05, 3.63) is 48.0 Å². The van der Waals surface area contributed by atoms with Crippen LogP contribution >= 0.6 is 0 Å². The summed E-state index contributed by atoms with van der Waals surface area (Å²) in [6, 6.07) is 8.19. The second kappa shape index (κ2) is 3.64. The molecule has 3 heteroatoms. The summed E-state index contributed by atoms with van der Waals surface area (Å²) in [7, 11) is 0. The molecule has 0 bridgehead atoms. The van der Waals surface area contributed by atoms with Crippen molar-refractivity contribution in [2.45, 2.75) is 13.5 Å². The molecule has 0 amide bonds. The number of aromatic nitrogens is 2. The molecule has 0 fully saturated rings. The third kappa shape index (κ3) is 1.54. The highest BCUT2D eigenvalue weighted by molar-refractivity contribution is 5.40. The minimum Gasteiger partial charge on any atom is -0.325 e. The van der Waals surface area contributed by atoms with Crippen LogP contribution in [0.25, 0.3) is 5.69 Å². The van der Waals surface area contributed by atoms with Crippen LogP contribution in [0.5, 0.6) is 0 Å². The van der Waals surface area contributed by atoms with Gasteiger partial charge < -0.3 is 10.3 Å². The zero-order chi connectivity index (χ0) is 9.97. The summed E-state index contributed by atoms with van der Waals surface area (Å²) in [5, 5.41) is 0. The van der Waals surface area contributed by atoms with Crippen molar-refractivity contribution < 1.29 is 0 Å². The second-order valence-corrected chi connectivity index (χ2v) is 3.26. The minimum atomic E-state index is 0.485. The maximum Gasteiger partial charge on any atom is 0.0995 e. The number of aryl methyl sites for hydroxylation is 1. The van der Waals surface area contributed by atoms with E-state index in [-0.39, 0.29) is 0 Å². The Hall–Kier alpha value is -1.61. The van der Waals surface area contributed by atoms with Gasteiger partial charge in [-0.05, 0) is 18.6 Å². The van der Waals surface area contributed by atoms with Crippen LogP contribution in [0.3, 0.4) is 0 Å². The van der Waals surface area contributed by atoms with Crippen molar-refractivity contribution >= 4 is 0 Å². The van der Waals surface area contributed by atoms with Gasteiger partial charge in [0.2, 0.25) is 0 Å². The van der Waals surface area contributed by atoms with Crippen molar-refractivity contribution in [3.8, 4) is 5.69 Å². The summed E-state index contributed by atoms with van der Waals surface area (Å²) in [5.41, 5.74) is 8.80. The Morgan fingerprint density at radius 2 is 2.14 bits per heavy atom. The lowest BCUT2D eigenvalue weighted by Gasteiger charge is -2.04. The number of nitrogens with zero attached hydrogens (tertiary/aromatic N) is 2. The fourth-order valence-electron chi connectivity index (χ4n) is 1.45. The lowest BCUT2D eigenvalue weighted by Crippen LogP contribution is -1.96. The fourth-order valence-corrected chi connectivity index (χ4v) is 1.45. The van der Waals surface area contributed by atoms with E-state index in [1.165, 1.54) is 5.56 Å². The molecule has 0 saturated carbocycles. The zero-order valence-electron chi connectivity index (χ0n) is 8.14. The predicted octanol–water partition coefficient (Wildman–Crippen LogP) is 1.64. The second-order valence-electron chi connectivity index (χ2n) is 3.26. The minimum absolute atomic E-state index is 0.485. The smallest absolute Gasteiger partial charge is 0.0995 e. The van der Waals surface area contributed by atoms with Crippen LogP contribution < -0.4 is 5.73 Å². The van der Waals surface area contributed by atoms with Crippen molar-refractivity contribution in [2.75, 3.05) is 0 Å². The Morgan fingerprint density at radius 1 is 1.36 bits per heavy atom. The number of hydrogen-bond donors (Lipinski definition) is 1. The van der Waals surface area contributed by atoms with E-state index in [2.05, 4.69) is 24.0 Å². The molecule has 2 N–H and O–H groups in total. The lowest BCUT2D eigenvalue weighted by atomic mass is 10.2. The topological polar surface area (TPSA) is 43.8 Å². The van der Waals surface area contributed by atoms with Crippen LogP contribution in [0.2, 0.25) is 0 Å². The molecule has 0 spiro atoms. The molecule has 0 aliphatic carbocycles. The number of hydrogen-bond acceptors (Lipinski definition) is 2. The maximum absolute atomic E-state index is 5.50. The number of nitrogens with two attached hydrogens (primary N) is 1. The average Bonchev–Trinajstić information content (AvgIpc) is 2.67. The van der Waals surface area contributed by atoms with Gasteiger partial charge in [-0.2, -0.15) is 0 Å². The van der Waals surface area contributed by atoms with Gasteiger partial charge >= 0.3 is 0 Å². The van der Waals surface area contributed by atoms with Crippen molar-refractivity contribution in [3.63, 3.8) is 0 Å². The molecule has 1 aromatic heterocycles. The highest BCUT2D eigenvalue weighted by Gasteiger charge is 2.00. The monoisotopic (exact) mass is 187 g/mol. The molecule has 1 aromatic carbocycles. The van der Waals surface area contributed by atoms with Gasteiger partial charge in [0.1, 0.15) is 0 Å². The first kappa shape index (κ1) is 8.97. The molecular formula is C11H13N3. The summed E-state index contributed by atoms with van der Waals surface area (Å²) >= 11 is 0. The SMILES string of the molecule is Cc1ccccc1-n1cnc(CN)c1. The molecule has 0 unspecified atom stereocenters. The van der Waals surface area contributed by atoms with Crippen LogP contribution in [0.4, 0.5) is 0 Å². The van der Waals surface area contributed by atoms with Gasteiger partial charge in [-0.15, -0.1) is 0 Å². The molecule has 2 rings (SSSR count). The van der Waals surface area contributed by atoms with Crippen LogP contribution in [0.1, 0.15) is 11.3 Å². The van der Waals surface area contributed by atoms with E-state index in [1.807, 2.05) is 22.9 Å². The standard InChI is InChI=1S/C11H13N3/c1-9-4-2-3-5-11(9)14-7-10(6-12)13-8-14/h2-5,7-8H,6,12H2,1H3. The van der Waals surface area contributed by atoms with E-state index in [4.69, 9.17) is 5.73 Å². The molecule has 0 radical (unpaired) electrons. The Labute approximate surface area is 83.2 Å². The third-order valence-electron chi connectivity index (χ3n) is 2.24. The van der Waals surface area contributed by atoms with Crippen LogP contribution in [-0.2, 0) is 6.54 Å². The van der Waals surface area contributed by atoms with Crippen molar-refractivity contribution in [1.82, 2.24) is 9.55 Å². The molecule has 0 aliphatic rings. The highest BCUT2D eigenvalue weighted by atomic mass is 15.0. The van der Waals surface area contributed by atoms with Gasteiger partial charge in [0, 0.05) is 18.4 Å². The predicted molar refractivity (Wildman–Crippen MR) is 56.2 cm³/mol. The summed E-state index contributed by atoms with van der Waals surface area (Å²) in [6.07, 6.45) is 3.76. The lowest BCUT2D eigenvalue weighted by molar-refractivity contribution is 1.01. The van der Waals surface area contributed by atoms with Crippen molar-refractivity contribution in [2.24, 2.45) is 5.73 Å². The average molecular weight is 187 g/mol. The molecule has 0 atom stereocenters. The number of imidazole rings is 1. The van der Waals surface area contributed by atoms with Gasteiger partial charge in [0.05, 0.1) is 12.0 Å². The summed E-state index contributed by atoms with van der Waals surface area (Å²) in [6.45, 7) is 2.57. The summed E-state index contributed by atoms with van der Waals surface area (Å²) in [4.78, 5) is 4.19. The molecule has 0 saturated heterocycles.